The van der Waals surface area contributed by atoms with Crippen molar-refractivity contribution in [2.24, 2.45) is 4.99 Å². The van der Waals surface area contributed by atoms with Gasteiger partial charge in [0.15, 0.2) is 5.96 Å². The summed E-state index contributed by atoms with van der Waals surface area (Å²) in [6, 6.07) is 0. The maximum Gasteiger partial charge on any atom is 0.191 e. The van der Waals surface area contributed by atoms with Gasteiger partial charge >= 0.3 is 0 Å². The van der Waals surface area contributed by atoms with Crippen LogP contribution in [0.3, 0.4) is 0 Å². The molecule has 0 spiro atoms. The number of nitrogens with one attached hydrogen (secondary N) is 2. The molecule has 122 valence electrons. The lowest BCUT2D eigenvalue weighted by Gasteiger charge is -2.21. The normalized spacial score (nSPS) is 11.3. The fraction of sp³-hybridized carbons (Fsp3) is 0.933. The summed E-state index contributed by atoms with van der Waals surface area (Å²) in [4.78, 5) is 7.06. The molecule has 0 saturated carbocycles. The van der Waals surface area contributed by atoms with Gasteiger partial charge in [0.25, 0.3) is 0 Å². The van der Waals surface area contributed by atoms with Gasteiger partial charge in [0.2, 0.25) is 0 Å². The number of halogens is 1. The molecule has 5 heteroatoms. The summed E-state index contributed by atoms with van der Waals surface area (Å²) < 4.78 is 0. The molecule has 0 heterocycles. The summed E-state index contributed by atoms with van der Waals surface area (Å²) >= 11 is 0. The zero-order valence-electron chi connectivity index (χ0n) is 13.9. The van der Waals surface area contributed by atoms with E-state index in [1.807, 2.05) is 0 Å². The van der Waals surface area contributed by atoms with Gasteiger partial charge in [0, 0.05) is 19.6 Å². The van der Waals surface area contributed by atoms with E-state index >= 15 is 0 Å². The Balaban J connectivity index is 0. The third kappa shape index (κ3) is 13.0. The van der Waals surface area contributed by atoms with Crippen molar-refractivity contribution >= 4 is 29.9 Å². The van der Waals surface area contributed by atoms with Gasteiger partial charge in [0.05, 0.1) is 0 Å². The highest BCUT2D eigenvalue weighted by Gasteiger charge is 2.02. The van der Waals surface area contributed by atoms with Crippen LogP contribution in [0.4, 0.5) is 0 Å². The Morgan fingerprint density at radius 1 is 0.900 bits per heavy atom. The predicted molar refractivity (Wildman–Crippen MR) is 101 cm³/mol. The van der Waals surface area contributed by atoms with Gasteiger partial charge in [-0.15, -0.1) is 24.0 Å². The van der Waals surface area contributed by atoms with Gasteiger partial charge in [0.1, 0.15) is 0 Å². The second-order valence-corrected chi connectivity index (χ2v) is 4.88. The van der Waals surface area contributed by atoms with Gasteiger partial charge in [-0.25, -0.2) is 0 Å². The molecule has 2 N–H and O–H groups in total. The average molecular weight is 398 g/mol. The van der Waals surface area contributed by atoms with E-state index in [4.69, 9.17) is 0 Å². The summed E-state index contributed by atoms with van der Waals surface area (Å²) in [7, 11) is 0. The van der Waals surface area contributed by atoms with Crippen LogP contribution in [0.1, 0.15) is 53.4 Å². The van der Waals surface area contributed by atoms with Crippen molar-refractivity contribution in [1.82, 2.24) is 15.5 Å². The van der Waals surface area contributed by atoms with Crippen molar-refractivity contribution in [2.45, 2.75) is 53.4 Å². The number of hydrogen-bond donors (Lipinski definition) is 2. The zero-order chi connectivity index (χ0) is 14.3. The second-order valence-electron chi connectivity index (χ2n) is 4.88. The van der Waals surface area contributed by atoms with Gasteiger partial charge in [-0.05, 0) is 52.2 Å². The quantitative estimate of drug-likeness (QED) is 0.243. The van der Waals surface area contributed by atoms with E-state index < -0.39 is 0 Å². The first-order valence-corrected chi connectivity index (χ1v) is 8.02. The van der Waals surface area contributed by atoms with E-state index in [0.29, 0.717) is 0 Å². The summed E-state index contributed by atoms with van der Waals surface area (Å²) in [5.74, 6) is 0.960. The molecule has 20 heavy (non-hydrogen) atoms. The molecule has 0 unspecified atom stereocenters. The molecule has 0 radical (unpaired) electrons. The Hall–Kier alpha value is -0.0400. The van der Waals surface area contributed by atoms with E-state index in [1.54, 1.807) is 0 Å². The molecular weight excluding hydrogens is 363 g/mol. The molecule has 0 aromatic carbocycles. The van der Waals surface area contributed by atoms with Crippen molar-refractivity contribution < 1.29 is 0 Å². The third-order valence-corrected chi connectivity index (χ3v) is 2.86. The lowest BCUT2D eigenvalue weighted by atomic mass is 10.3. The number of rotatable bonds is 11. The molecule has 0 aromatic rings. The lowest BCUT2D eigenvalue weighted by Crippen LogP contribution is -2.39. The van der Waals surface area contributed by atoms with Crippen molar-refractivity contribution in [2.75, 3.05) is 39.3 Å². The third-order valence-electron chi connectivity index (χ3n) is 2.86. The highest BCUT2D eigenvalue weighted by atomic mass is 127. The SMILES string of the molecule is CCCN=C(NCC)NCCCN(CCC)CCC.I. The Bertz CT molecular complexity index is 216. The first-order chi connectivity index (χ1) is 9.28. The standard InChI is InChI=1S/C15H34N4.HI/c1-5-10-17-15(16-8-4)18-11-9-14-19(12-6-2)13-7-3;/h5-14H2,1-4H3,(H2,16,17,18);1H. The maximum atomic E-state index is 4.50. The van der Waals surface area contributed by atoms with Crippen molar-refractivity contribution in [3.8, 4) is 0 Å². The average Bonchev–Trinajstić information content (AvgIpc) is 2.41. The van der Waals surface area contributed by atoms with E-state index in [0.717, 1.165) is 32.0 Å². The first-order valence-electron chi connectivity index (χ1n) is 8.02. The Labute approximate surface area is 143 Å². The minimum Gasteiger partial charge on any atom is -0.357 e. The molecule has 4 nitrogen and oxygen atoms in total. The second kappa shape index (κ2) is 17.0. The van der Waals surface area contributed by atoms with Crippen molar-refractivity contribution in [3.63, 3.8) is 0 Å². The Kier molecular flexibility index (Phi) is 18.9. The highest BCUT2D eigenvalue weighted by molar-refractivity contribution is 14.0. The van der Waals surface area contributed by atoms with Crippen LogP contribution in [0.5, 0.6) is 0 Å². The van der Waals surface area contributed by atoms with Crippen LogP contribution >= 0.6 is 24.0 Å². The highest BCUT2D eigenvalue weighted by Crippen LogP contribution is 1.95. The summed E-state index contributed by atoms with van der Waals surface area (Å²) in [6.45, 7) is 15.2. The molecule has 0 bridgehead atoms. The molecule has 0 fully saturated rings. The van der Waals surface area contributed by atoms with E-state index in [2.05, 4.69) is 48.2 Å². The van der Waals surface area contributed by atoms with Crippen LogP contribution in [0, 0.1) is 0 Å². The van der Waals surface area contributed by atoms with Crippen molar-refractivity contribution in [1.29, 1.82) is 0 Å². The molecule has 0 atom stereocenters. The van der Waals surface area contributed by atoms with Crippen LogP contribution in [-0.2, 0) is 0 Å². The van der Waals surface area contributed by atoms with Gasteiger partial charge in [-0.3, -0.25) is 4.99 Å². The smallest absolute Gasteiger partial charge is 0.191 e. The number of hydrogen-bond acceptors (Lipinski definition) is 2. The fourth-order valence-electron chi connectivity index (χ4n) is 2.04. The zero-order valence-corrected chi connectivity index (χ0v) is 16.2. The van der Waals surface area contributed by atoms with E-state index in [1.165, 1.54) is 38.9 Å². The largest absolute Gasteiger partial charge is 0.357 e. The predicted octanol–water partition coefficient (Wildman–Crippen LogP) is 3.08. The van der Waals surface area contributed by atoms with Gasteiger partial charge in [-0.2, -0.15) is 0 Å². The molecule has 0 saturated heterocycles. The van der Waals surface area contributed by atoms with Crippen LogP contribution in [-0.4, -0.2) is 50.1 Å². The van der Waals surface area contributed by atoms with Gasteiger partial charge in [-0.1, -0.05) is 20.8 Å². The van der Waals surface area contributed by atoms with Crippen LogP contribution in [0.2, 0.25) is 0 Å². The summed E-state index contributed by atoms with van der Waals surface area (Å²) in [6.07, 6.45) is 4.76. The molecule has 0 amide bonds. The number of aliphatic imine (C=N–C) groups is 1. The molecule has 0 aliphatic carbocycles. The number of nitrogens with zero attached hydrogens (tertiary/aromatic N) is 2. The fourth-order valence-corrected chi connectivity index (χ4v) is 2.04. The Morgan fingerprint density at radius 2 is 1.55 bits per heavy atom. The molecule has 0 aromatic heterocycles. The van der Waals surface area contributed by atoms with E-state index in [-0.39, 0.29) is 24.0 Å². The minimum absolute atomic E-state index is 0. The van der Waals surface area contributed by atoms with E-state index in [9.17, 15) is 0 Å². The first kappa shape index (κ1) is 22.2. The summed E-state index contributed by atoms with van der Waals surface area (Å²) in [5.41, 5.74) is 0. The monoisotopic (exact) mass is 398 g/mol. The van der Waals surface area contributed by atoms with Crippen molar-refractivity contribution in [3.05, 3.63) is 0 Å². The van der Waals surface area contributed by atoms with Crippen LogP contribution in [0.25, 0.3) is 0 Å². The molecular formula is C15H35IN4. The lowest BCUT2D eigenvalue weighted by molar-refractivity contribution is 0.271. The topological polar surface area (TPSA) is 39.7 Å². The Morgan fingerprint density at radius 3 is 2.05 bits per heavy atom. The molecule has 0 aliphatic heterocycles. The van der Waals surface area contributed by atoms with Gasteiger partial charge < -0.3 is 15.5 Å². The molecule has 0 aliphatic rings. The van der Waals surface area contributed by atoms with Crippen LogP contribution in [0.15, 0.2) is 4.99 Å². The van der Waals surface area contributed by atoms with Crippen LogP contribution < -0.4 is 10.6 Å². The maximum absolute atomic E-state index is 4.50. The molecule has 0 rings (SSSR count). The minimum atomic E-state index is 0. The number of guanidine groups is 1. The summed E-state index contributed by atoms with van der Waals surface area (Å²) in [5, 5.41) is 6.69.